The van der Waals surface area contributed by atoms with Gasteiger partial charge in [-0.05, 0) is 56.2 Å². The van der Waals surface area contributed by atoms with E-state index in [1.807, 2.05) is 0 Å². The van der Waals surface area contributed by atoms with Gasteiger partial charge in [0.2, 0.25) is 0 Å². The van der Waals surface area contributed by atoms with Crippen LogP contribution in [0.5, 0.6) is 0 Å². The normalized spacial score (nSPS) is 11.0. The summed E-state index contributed by atoms with van der Waals surface area (Å²) in [5.41, 5.74) is 3.36. The van der Waals surface area contributed by atoms with Gasteiger partial charge in [0.1, 0.15) is 5.52 Å². The number of fused-ring (bicyclic) bond motifs is 1. The Balaban J connectivity index is 2.75. The molecule has 0 spiro atoms. The van der Waals surface area contributed by atoms with E-state index < -0.39 is 0 Å². The number of rotatable bonds is 1. The molecule has 0 saturated carbocycles. The first-order valence-corrected chi connectivity index (χ1v) is 6.59. The fraction of sp³-hybridized carbons (Fsp3) is 0.125. The number of hydrogen-bond acceptors (Lipinski definition) is 1. The van der Waals surface area contributed by atoms with Crippen molar-refractivity contribution in [2.45, 2.75) is 5.33 Å². The minimum Gasteiger partial charge on any atom is -0.332 e. The van der Waals surface area contributed by atoms with Crippen LogP contribution in [0, 0.1) is 3.57 Å². The predicted molar refractivity (Wildman–Crippen MR) is 69.1 cm³/mol. The van der Waals surface area contributed by atoms with Crippen molar-refractivity contribution in [1.82, 2.24) is 9.97 Å². The zero-order valence-electron chi connectivity index (χ0n) is 6.44. The number of H-pyrrole nitrogens is 1. The van der Waals surface area contributed by atoms with Gasteiger partial charge in [-0.15, -0.1) is 0 Å². The maximum atomic E-state index is 4.33. The molecule has 2 rings (SSSR count). The number of aromatic amines is 1. The van der Waals surface area contributed by atoms with E-state index in [4.69, 9.17) is 0 Å². The van der Waals surface area contributed by atoms with Gasteiger partial charge < -0.3 is 4.98 Å². The van der Waals surface area contributed by atoms with Gasteiger partial charge in [0.05, 0.1) is 5.52 Å². The van der Waals surface area contributed by atoms with Gasteiger partial charge >= 0.3 is 0 Å². The first kappa shape index (κ1) is 9.92. The second-order valence-electron chi connectivity index (χ2n) is 2.64. The summed E-state index contributed by atoms with van der Waals surface area (Å²) >= 11 is 9.05. The first-order chi connectivity index (χ1) is 6.20. The molecule has 0 amide bonds. The molecule has 0 unspecified atom stereocenters. The number of alkyl halides is 1. The van der Waals surface area contributed by atoms with Gasteiger partial charge in [-0.3, -0.25) is 0 Å². The van der Waals surface area contributed by atoms with Crippen molar-refractivity contribution in [2.24, 2.45) is 0 Å². The quantitative estimate of drug-likeness (QED) is 0.556. The van der Waals surface area contributed by atoms with E-state index in [0.717, 1.165) is 21.1 Å². The number of halogens is 3. The smallest absolute Gasteiger partial charge is 0.175 e. The molecule has 0 saturated heterocycles. The Morgan fingerprint density at radius 2 is 2.23 bits per heavy atom. The van der Waals surface area contributed by atoms with Gasteiger partial charge in [0, 0.05) is 8.90 Å². The second kappa shape index (κ2) is 3.86. The summed E-state index contributed by atoms with van der Waals surface area (Å²) in [6, 6.07) is 4.23. The van der Waals surface area contributed by atoms with Crippen LogP contribution in [0.4, 0.5) is 0 Å². The van der Waals surface area contributed by atoms with Crippen LogP contribution >= 0.6 is 54.5 Å². The molecule has 1 aromatic heterocycles. The van der Waals surface area contributed by atoms with Crippen LogP contribution < -0.4 is 0 Å². The summed E-state index contributed by atoms with van der Waals surface area (Å²) in [7, 11) is 0. The highest BCUT2D eigenvalue weighted by Crippen LogP contribution is 2.23. The average Bonchev–Trinajstić information content (AvgIpc) is 2.46. The largest absolute Gasteiger partial charge is 0.332 e. The van der Waals surface area contributed by atoms with E-state index in [9.17, 15) is 0 Å². The Morgan fingerprint density at radius 1 is 1.46 bits per heavy atom. The maximum absolute atomic E-state index is 4.33. The Kier molecular flexibility index (Phi) is 2.94. The molecule has 1 aromatic carbocycles. The third-order valence-electron chi connectivity index (χ3n) is 1.73. The van der Waals surface area contributed by atoms with Crippen molar-refractivity contribution < 1.29 is 0 Å². The van der Waals surface area contributed by atoms with Gasteiger partial charge in [-0.2, -0.15) is 0 Å². The Labute approximate surface area is 106 Å². The molecule has 13 heavy (non-hydrogen) atoms. The topological polar surface area (TPSA) is 28.7 Å². The van der Waals surface area contributed by atoms with Crippen LogP contribution in [0.1, 0.15) is 5.56 Å². The standard InChI is InChI=1S/C8H5Br2IN2/c9-3-4-1-5(11)7-6(2-4)12-8(10)13-7/h1-2H,3H2,(H,12,13). The highest BCUT2D eigenvalue weighted by atomic mass is 127. The van der Waals surface area contributed by atoms with Crippen molar-refractivity contribution in [2.75, 3.05) is 0 Å². The zero-order chi connectivity index (χ0) is 9.42. The van der Waals surface area contributed by atoms with Crippen molar-refractivity contribution in [3.8, 4) is 0 Å². The summed E-state index contributed by atoms with van der Waals surface area (Å²) in [5, 5.41) is 0.871. The van der Waals surface area contributed by atoms with Crippen molar-refractivity contribution >= 4 is 65.5 Å². The van der Waals surface area contributed by atoms with E-state index in [1.54, 1.807) is 0 Å². The number of hydrogen-bond donors (Lipinski definition) is 1. The molecule has 0 aliphatic heterocycles. The average molecular weight is 416 g/mol. The van der Waals surface area contributed by atoms with E-state index in [0.29, 0.717) is 0 Å². The maximum Gasteiger partial charge on any atom is 0.175 e. The summed E-state index contributed by atoms with van der Waals surface area (Å²) in [6.45, 7) is 0. The van der Waals surface area contributed by atoms with E-state index in [1.165, 1.54) is 9.13 Å². The van der Waals surface area contributed by atoms with E-state index in [-0.39, 0.29) is 0 Å². The van der Waals surface area contributed by atoms with Gasteiger partial charge in [0.15, 0.2) is 4.73 Å². The molecule has 1 heterocycles. The van der Waals surface area contributed by atoms with Crippen LogP contribution in [0.3, 0.4) is 0 Å². The summed E-state index contributed by atoms with van der Waals surface area (Å²) in [5.74, 6) is 0. The molecule has 0 atom stereocenters. The van der Waals surface area contributed by atoms with E-state index in [2.05, 4.69) is 76.6 Å². The van der Waals surface area contributed by atoms with Crippen LogP contribution in [-0.2, 0) is 5.33 Å². The Bertz CT molecular complexity index is 453. The highest BCUT2D eigenvalue weighted by Gasteiger charge is 2.05. The minimum atomic E-state index is 0.784. The summed E-state index contributed by atoms with van der Waals surface area (Å²) in [4.78, 5) is 7.48. The second-order valence-corrected chi connectivity index (χ2v) is 5.11. The van der Waals surface area contributed by atoms with Crippen LogP contribution in [0.25, 0.3) is 11.0 Å². The molecular weight excluding hydrogens is 411 g/mol. The lowest BCUT2D eigenvalue weighted by atomic mass is 10.2. The molecule has 0 fully saturated rings. The molecule has 1 N–H and O–H groups in total. The fourth-order valence-corrected chi connectivity index (χ4v) is 2.70. The van der Waals surface area contributed by atoms with Crippen LogP contribution in [0.15, 0.2) is 16.9 Å². The molecule has 68 valence electrons. The first-order valence-electron chi connectivity index (χ1n) is 3.60. The number of nitrogens with one attached hydrogen (secondary N) is 1. The number of benzene rings is 1. The number of nitrogens with zero attached hydrogens (tertiary/aromatic N) is 1. The minimum absolute atomic E-state index is 0.784. The van der Waals surface area contributed by atoms with Crippen LogP contribution in [-0.4, -0.2) is 9.97 Å². The summed E-state index contributed by atoms with van der Waals surface area (Å²) < 4.78 is 1.96. The van der Waals surface area contributed by atoms with Gasteiger partial charge in [-0.25, -0.2) is 4.98 Å². The fourth-order valence-electron chi connectivity index (χ4n) is 1.18. The van der Waals surface area contributed by atoms with Gasteiger partial charge in [0.25, 0.3) is 0 Å². The molecule has 0 aliphatic carbocycles. The molecular formula is C8H5Br2IN2. The summed E-state index contributed by atoms with van der Waals surface area (Å²) in [6.07, 6.45) is 0. The lowest BCUT2D eigenvalue weighted by Gasteiger charge is -1.97. The molecule has 5 heteroatoms. The molecule has 2 nitrogen and oxygen atoms in total. The monoisotopic (exact) mass is 414 g/mol. The highest BCUT2D eigenvalue weighted by molar-refractivity contribution is 14.1. The third kappa shape index (κ3) is 1.92. The van der Waals surface area contributed by atoms with E-state index >= 15 is 0 Å². The lowest BCUT2D eigenvalue weighted by Crippen LogP contribution is -1.82. The van der Waals surface area contributed by atoms with Crippen LogP contribution in [0.2, 0.25) is 0 Å². The SMILES string of the molecule is BrCc1cc(I)c2nc(Br)[nH]c2c1. The molecule has 0 aliphatic rings. The molecule has 2 aromatic rings. The number of aromatic nitrogens is 2. The van der Waals surface area contributed by atoms with Crippen molar-refractivity contribution in [1.29, 1.82) is 0 Å². The Hall–Kier alpha value is 0.380. The molecule has 0 radical (unpaired) electrons. The Morgan fingerprint density at radius 3 is 2.92 bits per heavy atom. The third-order valence-corrected chi connectivity index (χ3v) is 3.57. The predicted octanol–water partition coefficient (Wildman–Crippen LogP) is 3.82. The molecule has 0 bridgehead atoms. The van der Waals surface area contributed by atoms with Crippen molar-refractivity contribution in [3.63, 3.8) is 0 Å². The zero-order valence-corrected chi connectivity index (χ0v) is 11.8. The number of imidazole rings is 1. The lowest BCUT2D eigenvalue weighted by molar-refractivity contribution is 1.27. The van der Waals surface area contributed by atoms with Gasteiger partial charge in [-0.1, -0.05) is 15.9 Å². The van der Waals surface area contributed by atoms with Crippen molar-refractivity contribution in [3.05, 3.63) is 26.0 Å².